The summed E-state index contributed by atoms with van der Waals surface area (Å²) in [6.45, 7) is 5.35. The Morgan fingerprint density at radius 2 is 1.82 bits per heavy atom. The second-order valence-electron chi connectivity index (χ2n) is 8.30. The molecule has 5 rings (SSSR count). The molecule has 170 valence electrons. The van der Waals surface area contributed by atoms with Gasteiger partial charge in [-0.3, -0.25) is 0 Å². The molecular weight excluding hydrogens is 430 g/mol. The average molecular weight is 460 g/mol. The van der Waals surface area contributed by atoms with Crippen molar-refractivity contribution < 1.29 is 4.74 Å². The van der Waals surface area contributed by atoms with Crippen LogP contribution in [-0.4, -0.2) is 49.4 Å². The molecule has 0 bridgehead atoms. The van der Waals surface area contributed by atoms with E-state index in [-0.39, 0.29) is 0 Å². The van der Waals surface area contributed by atoms with E-state index in [0.717, 1.165) is 72.8 Å². The minimum Gasteiger partial charge on any atom is -0.399 e. The van der Waals surface area contributed by atoms with E-state index < -0.39 is 0 Å². The minimum absolute atomic E-state index is 0.708. The predicted molar refractivity (Wildman–Crippen MR) is 135 cm³/mol. The lowest BCUT2D eigenvalue weighted by molar-refractivity contribution is 0.122. The summed E-state index contributed by atoms with van der Waals surface area (Å²) in [5.41, 5.74) is 11.5. The van der Waals surface area contributed by atoms with Crippen LogP contribution >= 0.6 is 11.8 Å². The molecule has 3 aromatic rings. The van der Waals surface area contributed by atoms with E-state index in [9.17, 15) is 0 Å². The lowest BCUT2D eigenvalue weighted by atomic mass is 10.0. The Morgan fingerprint density at radius 1 is 1.03 bits per heavy atom. The highest BCUT2D eigenvalue weighted by Crippen LogP contribution is 2.34. The number of anilines is 2. The molecule has 3 N–H and O–H groups in total. The molecule has 2 aliphatic rings. The van der Waals surface area contributed by atoms with Crippen molar-refractivity contribution >= 4 is 28.7 Å². The molecular formula is C26H29N5OS. The third-order valence-electron chi connectivity index (χ3n) is 5.98. The van der Waals surface area contributed by atoms with Crippen molar-refractivity contribution in [2.24, 2.45) is 0 Å². The van der Waals surface area contributed by atoms with Gasteiger partial charge in [-0.05, 0) is 60.5 Å². The number of morpholine rings is 1. The molecule has 0 amide bonds. The summed E-state index contributed by atoms with van der Waals surface area (Å²) in [6.07, 6.45) is 5.95. The van der Waals surface area contributed by atoms with Gasteiger partial charge in [0.25, 0.3) is 0 Å². The van der Waals surface area contributed by atoms with Gasteiger partial charge in [0.1, 0.15) is 10.9 Å². The third kappa shape index (κ3) is 5.55. The molecule has 2 aromatic carbocycles. The molecule has 0 radical (unpaired) electrons. The van der Waals surface area contributed by atoms with Crippen molar-refractivity contribution in [3.8, 4) is 0 Å². The lowest BCUT2D eigenvalue weighted by Gasteiger charge is -2.28. The lowest BCUT2D eigenvalue weighted by Crippen LogP contribution is -2.36. The fourth-order valence-corrected chi connectivity index (χ4v) is 5.07. The molecule has 0 spiro atoms. The molecule has 0 saturated carbocycles. The number of hydrogen-bond donors (Lipinski definition) is 2. The van der Waals surface area contributed by atoms with Crippen LogP contribution in [0.5, 0.6) is 0 Å². The molecule has 0 aliphatic carbocycles. The topological polar surface area (TPSA) is 76.3 Å². The van der Waals surface area contributed by atoms with Gasteiger partial charge in [0, 0.05) is 54.1 Å². The Bertz CT molecular complexity index is 1110. The molecule has 6 nitrogen and oxygen atoms in total. The highest BCUT2D eigenvalue weighted by molar-refractivity contribution is 7.99. The van der Waals surface area contributed by atoms with Gasteiger partial charge in [0.05, 0.1) is 13.2 Å². The SMILES string of the molecule is Nc1ccc(Sc2nc(Cc3ccc(N4CCOCC4)cc3)ncc2C2=CCNCC2)cc1. The van der Waals surface area contributed by atoms with Crippen LogP contribution in [-0.2, 0) is 11.2 Å². The number of nitrogens with two attached hydrogens (primary N) is 1. The third-order valence-corrected chi connectivity index (χ3v) is 7.00. The van der Waals surface area contributed by atoms with Crippen molar-refractivity contribution in [1.29, 1.82) is 0 Å². The summed E-state index contributed by atoms with van der Waals surface area (Å²) in [5, 5.41) is 4.39. The Morgan fingerprint density at radius 3 is 2.55 bits per heavy atom. The molecule has 2 aliphatic heterocycles. The summed E-state index contributed by atoms with van der Waals surface area (Å²) in [5.74, 6) is 0.838. The Balaban J connectivity index is 1.38. The number of aromatic nitrogens is 2. The molecule has 3 heterocycles. The van der Waals surface area contributed by atoms with Crippen LogP contribution < -0.4 is 16.0 Å². The van der Waals surface area contributed by atoms with Gasteiger partial charge in [0.15, 0.2) is 0 Å². The fraction of sp³-hybridized carbons (Fsp3) is 0.308. The van der Waals surface area contributed by atoms with Gasteiger partial charge in [-0.1, -0.05) is 30.0 Å². The van der Waals surface area contributed by atoms with E-state index in [0.29, 0.717) is 6.42 Å². The molecule has 7 heteroatoms. The fourth-order valence-electron chi connectivity index (χ4n) is 4.13. The normalized spacial score (nSPS) is 16.5. The van der Waals surface area contributed by atoms with Crippen LogP contribution in [0.1, 0.15) is 23.4 Å². The summed E-state index contributed by atoms with van der Waals surface area (Å²) >= 11 is 1.68. The molecule has 33 heavy (non-hydrogen) atoms. The maximum atomic E-state index is 5.87. The monoisotopic (exact) mass is 459 g/mol. The minimum atomic E-state index is 0.708. The van der Waals surface area contributed by atoms with Gasteiger partial charge < -0.3 is 20.7 Å². The van der Waals surface area contributed by atoms with Crippen molar-refractivity contribution in [2.75, 3.05) is 50.0 Å². The first-order chi connectivity index (χ1) is 16.2. The van der Waals surface area contributed by atoms with Crippen LogP contribution in [0.3, 0.4) is 0 Å². The zero-order valence-electron chi connectivity index (χ0n) is 18.7. The molecule has 0 unspecified atom stereocenters. The second kappa shape index (κ2) is 10.4. The molecule has 1 saturated heterocycles. The largest absolute Gasteiger partial charge is 0.399 e. The maximum absolute atomic E-state index is 5.87. The predicted octanol–water partition coefficient (Wildman–Crippen LogP) is 4.01. The Kier molecular flexibility index (Phi) is 6.90. The van der Waals surface area contributed by atoms with E-state index in [1.807, 2.05) is 30.5 Å². The summed E-state index contributed by atoms with van der Waals surface area (Å²) < 4.78 is 5.46. The van der Waals surface area contributed by atoms with Crippen molar-refractivity contribution in [3.63, 3.8) is 0 Å². The Labute approximate surface area is 199 Å². The number of nitrogens with zero attached hydrogens (tertiary/aromatic N) is 3. The van der Waals surface area contributed by atoms with E-state index in [1.54, 1.807) is 11.8 Å². The van der Waals surface area contributed by atoms with Gasteiger partial charge >= 0.3 is 0 Å². The molecule has 0 atom stereocenters. The van der Waals surface area contributed by atoms with Crippen LogP contribution in [0.25, 0.3) is 5.57 Å². The Hall–Kier alpha value is -2.87. The molecule has 1 fully saturated rings. The highest BCUT2D eigenvalue weighted by atomic mass is 32.2. The summed E-state index contributed by atoms with van der Waals surface area (Å²) in [6, 6.07) is 16.7. The van der Waals surface area contributed by atoms with E-state index in [2.05, 4.69) is 40.6 Å². The van der Waals surface area contributed by atoms with Crippen LogP contribution in [0, 0.1) is 0 Å². The standard InChI is InChI=1S/C26H29N5OS/c27-21-3-7-23(8-4-21)33-26-24(20-9-11-28-12-10-20)18-29-25(30-26)17-19-1-5-22(6-2-19)31-13-15-32-16-14-31/h1-9,18,28H,10-17,27H2. The first-order valence-electron chi connectivity index (χ1n) is 11.5. The van der Waals surface area contributed by atoms with Crippen molar-refractivity contribution in [3.05, 3.63) is 77.8 Å². The van der Waals surface area contributed by atoms with E-state index in [4.69, 9.17) is 20.4 Å². The zero-order valence-corrected chi connectivity index (χ0v) is 19.5. The average Bonchev–Trinajstić information content (AvgIpc) is 2.87. The number of ether oxygens (including phenoxy) is 1. The van der Waals surface area contributed by atoms with Crippen LogP contribution in [0.15, 0.2) is 70.7 Å². The van der Waals surface area contributed by atoms with Crippen LogP contribution in [0.2, 0.25) is 0 Å². The highest BCUT2D eigenvalue weighted by Gasteiger charge is 2.16. The van der Waals surface area contributed by atoms with Gasteiger partial charge in [-0.25, -0.2) is 9.97 Å². The maximum Gasteiger partial charge on any atom is 0.133 e. The van der Waals surface area contributed by atoms with E-state index in [1.165, 1.54) is 16.8 Å². The van der Waals surface area contributed by atoms with Crippen molar-refractivity contribution in [1.82, 2.24) is 15.3 Å². The number of rotatable bonds is 6. The quantitative estimate of drug-likeness (QED) is 0.426. The first-order valence-corrected chi connectivity index (χ1v) is 12.3. The van der Waals surface area contributed by atoms with Gasteiger partial charge in [-0.15, -0.1) is 0 Å². The van der Waals surface area contributed by atoms with E-state index >= 15 is 0 Å². The smallest absolute Gasteiger partial charge is 0.133 e. The van der Waals surface area contributed by atoms with Gasteiger partial charge in [0.2, 0.25) is 0 Å². The first kappa shape index (κ1) is 21.9. The number of nitrogen functional groups attached to an aromatic ring is 1. The number of benzene rings is 2. The second-order valence-corrected chi connectivity index (χ2v) is 9.36. The summed E-state index contributed by atoms with van der Waals surface area (Å²) in [7, 11) is 0. The zero-order chi connectivity index (χ0) is 22.5. The summed E-state index contributed by atoms with van der Waals surface area (Å²) in [4.78, 5) is 13.2. The molecule has 1 aromatic heterocycles. The number of hydrogen-bond acceptors (Lipinski definition) is 7. The number of nitrogens with one attached hydrogen (secondary N) is 1. The van der Waals surface area contributed by atoms with Crippen molar-refractivity contribution in [2.45, 2.75) is 22.8 Å². The van der Waals surface area contributed by atoms with Gasteiger partial charge in [-0.2, -0.15) is 0 Å². The van der Waals surface area contributed by atoms with Crippen LogP contribution in [0.4, 0.5) is 11.4 Å².